The van der Waals surface area contributed by atoms with Crippen LogP contribution in [0.2, 0.25) is 0 Å². The fraction of sp³-hybridized carbons (Fsp3) is 0.286. The van der Waals surface area contributed by atoms with E-state index >= 15 is 0 Å². The summed E-state index contributed by atoms with van der Waals surface area (Å²) >= 11 is 0. The summed E-state index contributed by atoms with van der Waals surface area (Å²) in [6, 6.07) is 5.27. The molecule has 0 bridgehead atoms. The van der Waals surface area contributed by atoms with Crippen LogP contribution in [0.5, 0.6) is 5.75 Å². The molecular weight excluding hydrogens is 226 g/mol. The third kappa shape index (κ3) is 4.41. The van der Waals surface area contributed by atoms with E-state index in [9.17, 15) is 0 Å². The van der Waals surface area contributed by atoms with Crippen LogP contribution in [0.15, 0.2) is 43.3 Å². The predicted octanol–water partition coefficient (Wildman–Crippen LogP) is 2.60. The van der Waals surface area contributed by atoms with Gasteiger partial charge in [0.2, 0.25) is 0 Å². The van der Waals surface area contributed by atoms with E-state index in [2.05, 4.69) is 6.58 Å². The van der Waals surface area contributed by atoms with Crippen molar-refractivity contribution in [1.29, 1.82) is 0 Å². The maximum atomic E-state index is 5.79. The van der Waals surface area contributed by atoms with E-state index in [-0.39, 0.29) is 0 Å². The fourth-order valence-electron chi connectivity index (χ4n) is 1.55. The van der Waals surface area contributed by atoms with Crippen molar-refractivity contribution in [3.8, 4) is 5.75 Å². The molecule has 0 aliphatic heterocycles. The van der Waals surface area contributed by atoms with Gasteiger partial charge in [0.15, 0.2) is 0 Å². The molecule has 1 aromatic rings. The lowest BCUT2D eigenvalue weighted by atomic mass is 10.2. The van der Waals surface area contributed by atoms with Crippen molar-refractivity contribution in [2.45, 2.75) is 13.3 Å². The molecule has 0 aromatic heterocycles. The second-order valence-electron chi connectivity index (χ2n) is 3.90. The summed E-state index contributed by atoms with van der Waals surface area (Å²) in [5.74, 6) is 0.681. The van der Waals surface area contributed by atoms with Crippen LogP contribution in [0.25, 0.3) is 0 Å². The molecule has 0 spiro atoms. The van der Waals surface area contributed by atoms with Gasteiger partial charge in [-0.05, 0) is 43.9 Å². The van der Waals surface area contributed by atoms with Gasteiger partial charge in [-0.15, -0.1) is 0 Å². The Bertz CT molecular complexity index is 416. The van der Waals surface area contributed by atoms with Gasteiger partial charge >= 0.3 is 0 Å². The molecule has 18 heavy (non-hydrogen) atoms. The number of hydrogen-bond acceptors (Lipinski definition) is 4. The SMILES string of the molecule is C=CN(/C=C\C)CCCOc1ccc(N)cc1N. The van der Waals surface area contributed by atoms with Crippen LogP contribution in [0, 0.1) is 0 Å². The topological polar surface area (TPSA) is 64.5 Å². The van der Waals surface area contributed by atoms with Crippen LogP contribution in [0.1, 0.15) is 13.3 Å². The Hall–Kier alpha value is -2.10. The first-order valence-electron chi connectivity index (χ1n) is 5.96. The molecule has 0 fully saturated rings. The Morgan fingerprint density at radius 3 is 2.78 bits per heavy atom. The molecule has 0 heterocycles. The Labute approximate surface area is 109 Å². The highest BCUT2D eigenvalue weighted by molar-refractivity contribution is 5.60. The lowest BCUT2D eigenvalue weighted by molar-refractivity contribution is 0.296. The molecule has 1 rings (SSSR count). The highest BCUT2D eigenvalue weighted by Gasteiger charge is 2.01. The third-order valence-corrected chi connectivity index (χ3v) is 2.43. The van der Waals surface area contributed by atoms with Gasteiger partial charge in [0.25, 0.3) is 0 Å². The Morgan fingerprint density at radius 1 is 1.39 bits per heavy atom. The minimum atomic E-state index is 0.573. The standard InChI is InChI=1S/C14H21N3O/c1-3-8-17(4-2)9-5-10-18-14-7-6-12(15)11-13(14)16/h3-4,6-8,11H,2,5,9-10,15-16H2,1H3/b8-3-. The minimum absolute atomic E-state index is 0.573. The zero-order valence-electron chi connectivity index (χ0n) is 10.8. The first-order valence-corrected chi connectivity index (χ1v) is 5.96. The van der Waals surface area contributed by atoms with Gasteiger partial charge in [0.05, 0.1) is 12.3 Å². The summed E-state index contributed by atoms with van der Waals surface area (Å²) in [6.45, 7) is 7.19. The second-order valence-corrected chi connectivity index (χ2v) is 3.90. The summed E-state index contributed by atoms with van der Waals surface area (Å²) in [7, 11) is 0. The zero-order chi connectivity index (χ0) is 13.4. The number of nitrogen functional groups attached to an aromatic ring is 2. The van der Waals surface area contributed by atoms with Crippen molar-refractivity contribution in [3.05, 3.63) is 43.3 Å². The summed E-state index contributed by atoms with van der Waals surface area (Å²) in [6.07, 6.45) is 6.63. The fourth-order valence-corrected chi connectivity index (χ4v) is 1.55. The number of allylic oxidation sites excluding steroid dienone is 1. The highest BCUT2D eigenvalue weighted by Crippen LogP contribution is 2.23. The molecule has 0 radical (unpaired) electrons. The van der Waals surface area contributed by atoms with Crippen LogP contribution in [-0.4, -0.2) is 18.1 Å². The van der Waals surface area contributed by atoms with E-state index in [1.54, 1.807) is 24.4 Å². The number of anilines is 2. The first-order chi connectivity index (χ1) is 8.67. The zero-order valence-corrected chi connectivity index (χ0v) is 10.8. The van der Waals surface area contributed by atoms with Gasteiger partial charge in [-0.25, -0.2) is 0 Å². The molecule has 4 heteroatoms. The van der Waals surface area contributed by atoms with Crippen LogP contribution in [0.4, 0.5) is 11.4 Å². The van der Waals surface area contributed by atoms with Crippen LogP contribution >= 0.6 is 0 Å². The van der Waals surface area contributed by atoms with E-state index in [1.807, 2.05) is 24.1 Å². The number of ether oxygens (including phenoxy) is 1. The lowest BCUT2D eigenvalue weighted by Crippen LogP contribution is -2.14. The van der Waals surface area contributed by atoms with Gasteiger partial charge in [-0.3, -0.25) is 0 Å². The Balaban J connectivity index is 2.35. The molecule has 4 N–H and O–H groups in total. The van der Waals surface area contributed by atoms with E-state index in [4.69, 9.17) is 16.2 Å². The summed E-state index contributed by atoms with van der Waals surface area (Å²) in [4.78, 5) is 2.01. The third-order valence-electron chi connectivity index (χ3n) is 2.43. The van der Waals surface area contributed by atoms with E-state index in [1.165, 1.54) is 0 Å². The van der Waals surface area contributed by atoms with Crippen molar-refractivity contribution in [1.82, 2.24) is 4.90 Å². The first kappa shape index (κ1) is 14.0. The highest BCUT2D eigenvalue weighted by atomic mass is 16.5. The summed E-state index contributed by atoms with van der Waals surface area (Å²) < 4.78 is 5.60. The molecule has 1 aromatic carbocycles. The monoisotopic (exact) mass is 247 g/mol. The average molecular weight is 247 g/mol. The number of nitrogens with two attached hydrogens (primary N) is 2. The van der Waals surface area contributed by atoms with Crippen LogP contribution in [-0.2, 0) is 0 Å². The number of benzene rings is 1. The second kappa shape index (κ2) is 7.27. The Morgan fingerprint density at radius 2 is 2.17 bits per heavy atom. The van der Waals surface area contributed by atoms with Gasteiger partial charge in [-0.1, -0.05) is 12.7 Å². The van der Waals surface area contributed by atoms with Crippen LogP contribution < -0.4 is 16.2 Å². The smallest absolute Gasteiger partial charge is 0.142 e. The molecule has 0 saturated carbocycles. The van der Waals surface area contributed by atoms with Gasteiger partial charge in [-0.2, -0.15) is 0 Å². The molecule has 98 valence electrons. The predicted molar refractivity (Wildman–Crippen MR) is 77.1 cm³/mol. The van der Waals surface area contributed by atoms with Gasteiger partial charge < -0.3 is 21.1 Å². The molecular formula is C14H21N3O. The molecule has 0 saturated heterocycles. The van der Waals surface area contributed by atoms with Crippen LogP contribution in [0.3, 0.4) is 0 Å². The number of nitrogens with zero attached hydrogens (tertiary/aromatic N) is 1. The van der Waals surface area contributed by atoms with Crippen molar-refractivity contribution in [3.63, 3.8) is 0 Å². The van der Waals surface area contributed by atoms with E-state index in [0.29, 0.717) is 23.7 Å². The molecule has 0 amide bonds. The normalized spacial score (nSPS) is 10.5. The van der Waals surface area contributed by atoms with Crippen molar-refractivity contribution < 1.29 is 4.74 Å². The molecule has 0 aliphatic rings. The Kier molecular flexibility index (Phi) is 5.64. The molecule has 4 nitrogen and oxygen atoms in total. The average Bonchev–Trinajstić information content (AvgIpc) is 2.35. The van der Waals surface area contributed by atoms with Crippen molar-refractivity contribution in [2.24, 2.45) is 0 Å². The largest absolute Gasteiger partial charge is 0.491 e. The van der Waals surface area contributed by atoms with Gasteiger partial charge in [0, 0.05) is 12.2 Å². The summed E-state index contributed by atoms with van der Waals surface area (Å²) in [5.41, 5.74) is 12.6. The number of rotatable bonds is 7. The van der Waals surface area contributed by atoms with Gasteiger partial charge in [0.1, 0.15) is 5.75 Å². The molecule has 0 aliphatic carbocycles. The number of hydrogen-bond donors (Lipinski definition) is 2. The maximum Gasteiger partial charge on any atom is 0.142 e. The van der Waals surface area contributed by atoms with E-state index < -0.39 is 0 Å². The summed E-state index contributed by atoms with van der Waals surface area (Å²) in [5, 5.41) is 0. The maximum absolute atomic E-state index is 5.79. The van der Waals surface area contributed by atoms with E-state index in [0.717, 1.165) is 13.0 Å². The lowest BCUT2D eigenvalue weighted by Gasteiger charge is -2.15. The van der Waals surface area contributed by atoms with Crippen molar-refractivity contribution >= 4 is 11.4 Å². The quantitative estimate of drug-likeness (QED) is 0.574. The minimum Gasteiger partial charge on any atom is -0.491 e. The molecule has 0 atom stereocenters. The van der Waals surface area contributed by atoms with Crippen molar-refractivity contribution in [2.75, 3.05) is 24.6 Å². The molecule has 0 unspecified atom stereocenters.